The molecule has 3 aromatic rings. The molecule has 0 aliphatic carbocycles. The molecule has 4 N–H and O–H groups in total. The number of hydrogen-bond donors (Lipinski definition) is 3. The molecule has 3 heterocycles. The standard InChI is InChI=1S/C23H23F2N5O2.2ClH/c24-13-1-3-18-16(11-13)20(23(31)28-18)22-21(17-12-14(25)2-4-19(17)27-22)29-32-10-9-30-7-5-15(26)6-8-30;;/h1-4,11-12,15,28,31H,5-10,26H2;2*1H. The van der Waals surface area contributed by atoms with E-state index in [1.165, 1.54) is 36.4 Å². The van der Waals surface area contributed by atoms with E-state index in [0.717, 1.165) is 25.9 Å². The van der Waals surface area contributed by atoms with Crippen molar-refractivity contribution in [2.75, 3.05) is 26.2 Å². The quantitative estimate of drug-likeness (QED) is 0.351. The van der Waals surface area contributed by atoms with Crippen LogP contribution >= 0.6 is 24.8 Å². The number of H-pyrrole nitrogens is 1. The maximum Gasteiger partial charge on any atom is 0.199 e. The Morgan fingerprint density at radius 1 is 1.12 bits per heavy atom. The maximum absolute atomic E-state index is 14.0. The molecule has 11 heteroatoms. The topological polar surface area (TPSA) is 99.2 Å². The molecule has 0 amide bonds. The van der Waals surface area contributed by atoms with E-state index in [1.54, 1.807) is 0 Å². The van der Waals surface area contributed by atoms with Crippen LogP contribution in [0.5, 0.6) is 5.88 Å². The van der Waals surface area contributed by atoms with Gasteiger partial charge in [0, 0.05) is 29.1 Å². The van der Waals surface area contributed by atoms with Crippen LogP contribution in [0, 0.1) is 11.6 Å². The predicted molar refractivity (Wildman–Crippen MR) is 133 cm³/mol. The van der Waals surface area contributed by atoms with Gasteiger partial charge in [0.25, 0.3) is 0 Å². The first-order valence-corrected chi connectivity index (χ1v) is 10.6. The van der Waals surface area contributed by atoms with Crippen molar-refractivity contribution in [2.24, 2.45) is 15.9 Å². The fraction of sp³-hybridized carbons (Fsp3) is 0.304. The highest BCUT2D eigenvalue weighted by molar-refractivity contribution is 6.58. The summed E-state index contributed by atoms with van der Waals surface area (Å²) in [4.78, 5) is 15.2. The number of aromatic amines is 1. The number of piperidine rings is 1. The first-order valence-electron chi connectivity index (χ1n) is 10.6. The summed E-state index contributed by atoms with van der Waals surface area (Å²) in [6, 6.07) is 8.57. The Bertz CT molecular complexity index is 1240. The Morgan fingerprint density at radius 3 is 2.59 bits per heavy atom. The molecule has 34 heavy (non-hydrogen) atoms. The smallest absolute Gasteiger partial charge is 0.199 e. The molecule has 0 atom stereocenters. The van der Waals surface area contributed by atoms with Gasteiger partial charge >= 0.3 is 0 Å². The van der Waals surface area contributed by atoms with Crippen LogP contribution < -0.4 is 5.73 Å². The summed E-state index contributed by atoms with van der Waals surface area (Å²) in [6.45, 7) is 2.86. The number of aromatic nitrogens is 1. The summed E-state index contributed by atoms with van der Waals surface area (Å²) >= 11 is 0. The minimum atomic E-state index is -0.448. The number of rotatable bonds is 5. The molecule has 0 bridgehead atoms. The van der Waals surface area contributed by atoms with Crippen LogP contribution in [0.25, 0.3) is 10.9 Å². The molecule has 182 valence electrons. The molecule has 1 aromatic heterocycles. The average Bonchev–Trinajstić information content (AvgIpc) is 3.28. The molecule has 1 saturated heterocycles. The molecule has 1 fully saturated rings. The average molecular weight is 512 g/mol. The molecular formula is C23H25Cl2F2N5O2. The van der Waals surface area contributed by atoms with E-state index in [1.807, 2.05) is 0 Å². The minimum Gasteiger partial charge on any atom is -0.494 e. The van der Waals surface area contributed by atoms with Gasteiger partial charge < -0.3 is 20.7 Å². The SMILES string of the molecule is Cl.Cl.NC1CCN(CCON=C2C(c3c(O)[nH]c4ccc(F)cc34)=Nc3ccc(F)cc32)CC1. The van der Waals surface area contributed by atoms with Crippen LogP contribution in [-0.4, -0.2) is 58.7 Å². The number of aromatic hydroxyl groups is 1. The van der Waals surface area contributed by atoms with Crippen molar-refractivity contribution < 1.29 is 18.7 Å². The van der Waals surface area contributed by atoms with Crippen molar-refractivity contribution in [3.63, 3.8) is 0 Å². The molecule has 2 aliphatic heterocycles. The molecule has 2 aliphatic rings. The Kier molecular flexibility index (Phi) is 8.14. The fourth-order valence-electron chi connectivity index (χ4n) is 4.21. The summed E-state index contributed by atoms with van der Waals surface area (Å²) < 4.78 is 27.9. The number of benzene rings is 2. The second-order valence-corrected chi connectivity index (χ2v) is 8.11. The van der Waals surface area contributed by atoms with Gasteiger partial charge in [0.15, 0.2) is 5.88 Å². The lowest BCUT2D eigenvalue weighted by molar-refractivity contribution is 0.100. The van der Waals surface area contributed by atoms with Crippen molar-refractivity contribution in [1.82, 2.24) is 9.88 Å². The van der Waals surface area contributed by atoms with Gasteiger partial charge in [-0.05, 0) is 62.3 Å². The number of aliphatic imine (C=N–C) groups is 1. The third-order valence-electron chi connectivity index (χ3n) is 5.93. The summed E-state index contributed by atoms with van der Waals surface area (Å²) in [6.07, 6.45) is 1.91. The van der Waals surface area contributed by atoms with Crippen molar-refractivity contribution in [3.8, 4) is 5.88 Å². The Balaban J connectivity index is 0.00000162. The first-order chi connectivity index (χ1) is 15.5. The van der Waals surface area contributed by atoms with Crippen molar-refractivity contribution in [3.05, 3.63) is 59.2 Å². The lowest BCUT2D eigenvalue weighted by Crippen LogP contribution is -2.40. The Labute approximate surface area is 207 Å². The van der Waals surface area contributed by atoms with Crippen LogP contribution in [0.4, 0.5) is 14.5 Å². The van der Waals surface area contributed by atoms with E-state index in [9.17, 15) is 13.9 Å². The van der Waals surface area contributed by atoms with Gasteiger partial charge in [-0.2, -0.15) is 0 Å². The largest absolute Gasteiger partial charge is 0.494 e. The van der Waals surface area contributed by atoms with Crippen LogP contribution in [-0.2, 0) is 4.84 Å². The van der Waals surface area contributed by atoms with Crippen LogP contribution in [0.1, 0.15) is 24.0 Å². The highest BCUT2D eigenvalue weighted by Crippen LogP contribution is 2.36. The van der Waals surface area contributed by atoms with Gasteiger partial charge in [0.05, 0.1) is 11.3 Å². The lowest BCUT2D eigenvalue weighted by Gasteiger charge is -2.29. The van der Waals surface area contributed by atoms with E-state index in [2.05, 4.69) is 20.0 Å². The number of fused-ring (bicyclic) bond motifs is 2. The second-order valence-electron chi connectivity index (χ2n) is 8.11. The van der Waals surface area contributed by atoms with Crippen molar-refractivity contribution in [1.29, 1.82) is 0 Å². The van der Waals surface area contributed by atoms with Crippen LogP contribution in [0.2, 0.25) is 0 Å². The molecule has 5 rings (SSSR count). The molecule has 0 radical (unpaired) electrons. The maximum atomic E-state index is 14.0. The molecule has 0 saturated carbocycles. The summed E-state index contributed by atoms with van der Waals surface area (Å²) in [5, 5.41) is 15.3. The van der Waals surface area contributed by atoms with E-state index >= 15 is 0 Å². The van der Waals surface area contributed by atoms with Crippen LogP contribution in [0.15, 0.2) is 46.5 Å². The fourth-order valence-corrected chi connectivity index (χ4v) is 4.21. The van der Waals surface area contributed by atoms with Gasteiger partial charge in [0.2, 0.25) is 0 Å². The van der Waals surface area contributed by atoms with E-state index < -0.39 is 11.6 Å². The second kappa shape index (κ2) is 10.7. The Hall–Kier alpha value is -2.72. The lowest BCUT2D eigenvalue weighted by atomic mass is 10.0. The summed E-state index contributed by atoms with van der Waals surface area (Å²) in [5.41, 5.74) is 8.33. The van der Waals surface area contributed by atoms with Gasteiger partial charge in [-0.1, -0.05) is 5.16 Å². The molecule has 7 nitrogen and oxygen atoms in total. The van der Waals surface area contributed by atoms with E-state index in [0.29, 0.717) is 52.3 Å². The number of nitrogens with zero attached hydrogens (tertiary/aromatic N) is 3. The summed E-state index contributed by atoms with van der Waals surface area (Å²) in [7, 11) is 0. The molecule has 2 aromatic carbocycles. The predicted octanol–water partition coefficient (Wildman–Crippen LogP) is 4.27. The highest BCUT2D eigenvalue weighted by atomic mass is 35.5. The van der Waals surface area contributed by atoms with Crippen LogP contribution in [0.3, 0.4) is 0 Å². The number of halogens is 4. The zero-order chi connectivity index (χ0) is 22.2. The number of likely N-dealkylation sites (tertiary alicyclic amines) is 1. The van der Waals surface area contributed by atoms with Crippen molar-refractivity contribution in [2.45, 2.75) is 18.9 Å². The summed E-state index contributed by atoms with van der Waals surface area (Å²) in [5.74, 6) is -1.06. The zero-order valence-electron chi connectivity index (χ0n) is 18.1. The Morgan fingerprint density at radius 2 is 1.82 bits per heavy atom. The number of hydrogen-bond acceptors (Lipinski definition) is 6. The normalized spacial score (nSPS) is 17.3. The third kappa shape index (κ3) is 5.02. The first kappa shape index (κ1) is 25.9. The van der Waals surface area contributed by atoms with Gasteiger partial charge in [-0.3, -0.25) is 4.90 Å². The molecule has 0 spiro atoms. The molecule has 0 unspecified atom stereocenters. The van der Waals surface area contributed by atoms with Gasteiger partial charge in [-0.25, -0.2) is 13.8 Å². The zero-order valence-corrected chi connectivity index (χ0v) is 19.8. The highest BCUT2D eigenvalue weighted by Gasteiger charge is 2.30. The monoisotopic (exact) mass is 511 g/mol. The number of nitrogens with two attached hydrogens (primary N) is 1. The van der Waals surface area contributed by atoms with Gasteiger partial charge in [0.1, 0.15) is 29.7 Å². The minimum absolute atomic E-state index is 0. The number of nitrogens with one attached hydrogen (secondary N) is 1. The van der Waals surface area contributed by atoms with Gasteiger partial charge in [-0.15, -0.1) is 24.8 Å². The van der Waals surface area contributed by atoms with Crippen molar-refractivity contribution >= 4 is 52.8 Å². The third-order valence-corrected chi connectivity index (χ3v) is 5.93. The van der Waals surface area contributed by atoms with E-state index in [4.69, 9.17) is 10.6 Å². The van der Waals surface area contributed by atoms with E-state index in [-0.39, 0.29) is 36.7 Å². The number of oxime groups is 1. The molecular weight excluding hydrogens is 487 g/mol.